The molecule has 0 spiro atoms. The normalized spacial score (nSPS) is 10.3. The summed E-state index contributed by atoms with van der Waals surface area (Å²) >= 11 is 5.88. The predicted molar refractivity (Wildman–Crippen MR) is 82.8 cm³/mol. The van der Waals surface area contributed by atoms with Crippen molar-refractivity contribution in [3.05, 3.63) is 52.2 Å². The molecule has 5 heteroatoms. The summed E-state index contributed by atoms with van der Waals surface area (Å²) in [6.07, 6.45) is 0. The minimum atomic E-state index is -0.217. The van der Waals surface area contributed by atoms with E-state index < -0.39 is 0 Å². The first-order valence-electron chi connectivity index (χ1n) is 6.63. The van der Waals surface area contributed by atoms with Crippen LogP contribution in [0.25, 0.3) is 0 Å². The summed E-state index contributed by atoms with van der Waals surface area (Å²) in [6.45, 7) is 5.75. The number of amides is 1. The number of hydrogen-bond donors (Lipinski definition) is 1. The molecular formula is C16H18ClN2O2+. The molecule has 1 aromatic heterocycles. The first-order chi connectivity index (χ1) is 9.94. The Kier molecular flexibility index (Phi) is 4.81. The standard InChI is InChI=1S/C16H17ClN2O2/c1-10-6-12(3)18-15(7-10)19-16(20)9-21-14-5-4-13(17)8-11(14)2/h4-8H,9H2,1-3H3,(H,18,19,20)/p+1. The number of carbonyl (C=O) groups excluding carboxylic acids is 1. The van der Waals surface area contributed by atoms with Crippen LogP contribution in [0.15, 0.2) is 30.3 Å². The minimum absolute atomic E-state index is 0.0523. The van der Waals surface area contributed by atoms with Gasteiger partial charge in [0.15, 0.2) is 6.61 Å². The summed E-state index contributed by atoms with van der Waals surface area (Å²) in [5, 5.41) is 3.43. The van der Waals surface area contributed by atoms with Crippen molar-refractivity contribution in [3.8, 4) is 5.75 Å². The Morgan fingerprint density at radius 2 is 2.00 bits per heavy atom. The Hall–Kier alpha value is -2.07. The average Bonchev–Trinajstić information content (AvgIpc) is 2.36. The monoisotopic (exact) mass is 305 g/mol. The lowest BCUT2D eigenvalue weighted by Gasteiger charge is -2.07. The summed E-state index contributed by atoms with van der Waals surface area (Å²) in [6, 6.07) is 9.17. The number of carbonyl (C=O) groups is 1. The van der Waals surface area contributed by atoms with Crippen LogP contribution in [0, 0.1) is 20.8 Å². The molecule has 2 N–H and O–H groups in total. The highest BCUT2D eigenvalue weighted by atomic mass is 35.5. The zero-order chi connectivity index (χ0) is 15.4. The van der Waals surface area contributed by atoms with E-state index in [-0.39, 0.29) is 12.5 Å². The van der Waals surface area contributed by atoms with Gasteiger partial charge in [-0.2, -0.15) is 0 Å². The number of hydrogen-bond acceptors (Lipinski definition) is 2. The molecule has 1 aromatic carbocycles. The lowest BCUT2D eigenvalue weighted by molar-refractivity contribution is -0.370. The molecule has 0 atom stereocenters. The molecule has 0 aliphatic heterocycles. The van der Waals surface area contributed by atoms with Gasteiger partial charge in [-0.1, -0.05) is 11.6 Å². The first kappa shape index (κ1) is 15.3. The van der Waals surface area contributed by atoms with Crippen molar-refractivity contribution in [1.82, 2.24) is 0 Å². The Labute approximate surface area is 129 Å². The number of rotatable bonds is 4. The Bertz CT molecular complexity index is 651. The quantitative estimate of drug-likeness (QED) is 0.943. The highest BCUT2D eigenvalue weighted by molar-refractivity contribution is 6.30. The molecule has 0 saturated heterocycles. The molecule has 0 saturated carbocycles. The van der Waals surface area contributed by atoms with Gasteiger partial charge in [-0.05, 0) is 56.2 Å². The van der Waals surface area contributed by atoms with Crippen LogP contribution in [0.4, 0.5) is 5.82 Å². The van der Waals surface area contributed by atoms with E-state index in [0.717, 1.165) is 16.8 Å². The highest BCUT2D eigenvalue weighted by Gasteiger charge is 2.12. The van der Waals surface area contributed by atoms with Crippen LogP contribution in [-0.2, 0) is 4.79 Å². The highest BCUT2D eigenvalue weighted by Crippen LogP contribution is 2.21. The summed E-state index contributed by atoms with van der Waals surface area (Å²) in [5.74, 6) is 1.10. The Morgan fingerprint density at radius 3 is 2.67 bits per heavy atom. The van der Waals surface area contributed by atoms with Crippen LogP contribution < -0.4 is 15.0 Å². The van der Waals surface area contributed by atoms with Crippen molar-refractivity contribution in [1.29, 1.82) is 0 Å². The van der Waals surface area contributed by atoms with Crippen LogP contribution in [0.1, 0.15) is 16.8 Å². The molecule has 1 amide bonds. The van der Waals surface area contributed by atoms with Crippen LogP contribution in [-0.4, -0.2) is 12.5 Å². The SMILES string of the molecule is Cc1cc(C)[nH+]c(NC(=O)COc2ccc(Cl)cc2C)c1. The van der Waals surface area contributed by atoms with Crippen molar-refractivity contribution < 1.29 is 14.5 Å². The fourth-order valence-corrected chi connectivity index (χ4v) is 2.29. The van der Waals surface area contributed by atoms with Gasteiger partial charge in [0.05, 0.1) is 5.69 Å². The van der Waals surface area contributed by atoms with Gasteiger partial charge in [-0.15, -0.1) is 0 Å². The van der Waals surface area contributed by atoms with Crippen molar-refractivity contribution >= 4 is 23.3 Å². The molecule has 0 bridgehead atoms. The third kappa shape index (κ3) is 4.46. The molecule has 0 aliphatic rings. The maximum atomic E-state index is 11.9. The number of pyridine rings is 1. The number of nitrogens with one attached hydrogen (secondary N) is 2. The fourth-order valence-electron chi connectivity index (χ4n) is 2.07. The van der Waals surface area contributed by atoms with Gasteiger partial charge in [0.25, 0.3) is 5.82 Å². The lowest BCUT2D eigenvalue weighted by Crippen LogP contribution is -2.25. The van der Waals surface area contributed by atoms with Crippen LogP contribution >= 0.6 is 11.6 Å². The average molecular weight is 306 g/mol. The smallest absolute Gasteiger partial charge is 0.345 e. The summed E-state index contributed by atoms with van der Waals surface area (Å²) < 4.78 is 5.50. The third-order valence-corrected chi connectivity index (χ3v) is 3.15. The van der Waals surface area contributed by atoms with Gasteiger partial charge in [0.1, 0.15) is 5.75 Å². The zero-order valence-electron chi connectivity index (χ0n) is 12.3. The second-order valence-electron chi connectivity index (χ2n) is 5.00. The van der Waals surface area contributed by atoms with Gasteiger partial charge in [0.2, 0.25) is 0 Å². The number of halogens is 1. The summed E-state index contributed by atoms with van der Waals surface area (Å²) in [5.41, 5.74) is 2.96. The first-order valence-corrected chi connectivity index (χ1v) is 7.01. The number of anilines is 1. The number of ether oxygens (including phenoxy) is 1. The van der Waals surface area contributed by atoms with E-state index in [1.165, 1.54) is 0 Å². The Morgan fingerprint density at radius 1 is 1.24 bits per heavy atom. The van der Waals surface area contributed by atoms with E-state index in [0.29, 0.717) is 16.6 Å². The molecule has 2 rings (SSSR count). The molecule has 110 valence electrons. The number of aromatic amines is 1. The molecular weight excluding hydrogens is 288 g/mol. The maximum Gasteiger partial charge on any atom is 0.345 e. The second-order valence-corrected chi connectivity index (χ2v) is 5.44. The van der Waals surface area contributed by atoms with Gasteiger partial charge >= 0.3 is 5.91 Å². The molecule has 0 fully saturated rings. The van der Waals surface area contributed by atoms with E-state index in [2.05, 4.69) is 10.3 Å². The molecule has 4 nitrogen and oxygen atoms in total. The largest absolute Gasteiger partial charge is 0.481 e. The number of H-pyrrole nitrogens is 1. The minimum Gasteiger partial charge on any atom is -0.481 e. The van der Waals surface area contributed by atoms with Gasteiger partial charge < -0.3 is 4.74 Å². The zero-order valence-corrected chi connectivity index (χ0v) is 13.0. The Balaban J connectivity index is 1.95. The third-order valence-electron chi connectivity index (χ3n) is 2.92. The molecule has 0 radical (unpaired) electrons. The number of aromatic nitrogens is 1. The molecule has 1 heterocycles. The van der Waals surface area contributed by atoms with Crippen molar-refractivity contribution in [2.24, 2.45) is 0 Å². The van der Waals surface area contributed by atoms with Crippen LogP contribution in [0.5, 0.6) is 5.75 Å². The second kappa shape index (κ2) is 6.59. The van der Waals surface area contributed by atoms with Crippen LogP contribution in [0.2, 0.25) is 5.02 Å². The number of aryl methyl sites for hydroxylation is 3. The molecule has 2 aromatic rings. The topological polar surface area (TPSA) is 52.5 Å². The summed E-state index contributed by atoms with van der Waals surface area (Å²) in [7, 11) is 0. The van der Waals surface area contributed by atoms with Crippen molar-refractivity contribution in [2.45, 2.75) is 20.8 Å². The molecule has 0 unspecified atom stereocenters. The van der Waals surface area contributed by atoms with E-state index in [4.69, 9.17) is 16.3 Å². The van der Waals surface area contributed by atoms with Crippen molar-refractivity contribution in [2.75, 3.05) is 11.9 Å². The fraction of sp³-hybridized carbons (Fsp3) is 0.250. The van der Waals surface area contributed by atoms with Crippen LogP contribution in [0.3, 0.4) is 0 Å². The lowest BCUT2D eigenvalue weighted by atomic mass is 10.2. The maximum absolute atomic E-state index is 11.9. The molecule has 0 aliphatic carbocycles. The number of benzene rings is 1. The van der Waals surface area contributed by atoms with E-state index in [9.17, 15) is 4.79 Å². The molecule has 21 heavy (non-hydrogen) atoms. The van der Waals surface area contributed by atoms with E-state index in [1.54, 1.807) is 18.2 Å². The van der Waals surface area contributed by atoms with Crippen molar-refractivity contribution in [3.63, 3.8) is 0 Å². The summed E-state index contributed by atoms with van der Waals surface area (Å²) in [4.78, 5) is 15.0. The van der Waals surface area contributed by atoms with E-state index >= 15 is 0 Å². The predicted octanol–water partition coefficient (Wildman–Crippen LogP) is 3.10. The van der Waals surface area contributed by atoms with Gasteiger partial charge in [0, 0.05) is 11.1 Å². The van der Waals surface area contributed by atoms with Gasteiger partial charge in [-0.3, -0.25) is 0 Å². The van der Waals surface area contributed by atoms with E-state index in [1.807, 2.05) is 32.9 Å². The van der Waals surface area contributed by atoms with Gasteiger partial charge in [-0.25, -0.2) is 15.1 Å².